The van der Waals surface area contributed by atoms with Gasteiger partial charge in [-0.3, -0.25) is 4.79 Å². The predicted molar refractivity (Wildman–Crippen MR) is 72.3 cm³/mol. The first-order valence-corrected chi connectivity index (χ1v) is 6.06. The lowest BCUT2D eigenvalue weighted by Gasteiger charge is -2.14. The molecule has 0 fully saturated rings. The van der Waals surface area contributed by atoms with Crippen LogP contribution < -0.4 is 10.1 Å². The van der Waals surface area contributed by atoms with Gasteiger partial charge in [-0.25, -0.2) is 0 Å². The minimum absolute atomic E-state index is 0.0349. The molecule has 1 N–H and O–H groups in total. The summed E-state index contributed by atoms with van der Waals surface area (Å²) in [6.07, 6.45) is 6.48. The van der Waals surface area contributed by atoms with Crippen LogP contribution >= 0.6 is 0 Å². The Morgan fingerprint density at radius 1 is 1.53 bits per heavy atom. The van der Waals surface area contributed by atoms with E-state index < -0.39 is 0 Å². The minimum atomic E-state index is -0.241. The number of carbonyl (C=O) groups excluding carboxylic acids is 1. The number of hydrogen-bond donors (Lipinski definition) is 1. The van der Waals surface area contributed by atoms with Crippen LogP contribution in [0.25, 0.3) is 0 Å². The van der Waals surface area contributed by atoms with Gasteiger partial charge in [-0.15, -0.1) is 12.3 Å². The summed E-state index contributed by atoms with van der Waals surface area (Å²) in [6.45, 7) is 1.83. The van der Waals surface area contributed by atoms with E-state index in [1.807, 2.05) is 13.0 Å². The fourth-order valence-electron chi connectivity index (χ4n) is 1.54. The van der Waals surface area contributed by atoms with E-state index in [0.717, 1.165) is 6.42 Å². The number of rotatable bonds is 6. The fraction of sp³-hybridized carbons (Fsp3) is 0.333. The van der Waals surface area contributed by atoms with E-state index in [0.29, 0.717) is 17.7 Å². The standard InChI is InChI=1S/C15H16N2O2/c1-3-7-13(4-2)17-15(18)11-19-14-9-6-5-8-12(14)10-16/h1,5-6,8-9,13H,4,7,11H2,2H3,(H,17,18). The zero-order valence-corrected chi connectivity index (χ0v) is 10.8. The number of nitrogens with zero attached hydrogens (tertiary/aromatic N) is 1. The van der Waals surface area contributed by atoms with Crippen LogP contribution in [0.1, 0.15) is 25.3 Å². The van der Waals surface area contributed by atoms with Gasteiger partial charge in [0, 0.05) is 12.5 Å². The highest BCUT2D eigenvalue weighted by atomic mass is 16.5. The van der Waals surface area contributed by atoms with Crippen LogP contribution in [0.3, 0.4) is 0 Å². The highest BCUT2D eigenvalue weighted by Gasteiger charge is 2.10. The summed E-state index contributed by atoms with van der Waals surface area (Å²) < 4.78 is 5.33. The maximum Gasteiger partial charge on any atom is 0.258 e. The topological polar surface area (TPSA) is 62.1 Å². The quantitative estimate of drug-likeness (QED) is 0.790. The van der Waals surface area contributed by atoms with Gasteiger partial charge in [0.05, 0.1) is 5.56 Å². The van der Waals surface area contributed by atoms with E-state index >= 15 is 0 Å². The van der Waals surface area contributed by atoms with Crippen molar-refractivity contribution >= 4 is 5.91 Å². The molecule has 4 nitrogen and oxygen atoms in total. The largest absolute Gasteiger partial charge is 0.482 e. The molecule has 0 aliphatic carbocycles. The molecule has 1 rings (SSSR count). The van der Waals surface area contributed by atoms with Crippen LogP contribution in [-0.4, -0.2) is 18.6 Å². The first-order valence-electron chi connectivity index (χ1n) is 6.06. The van der Waals surface area contributed by atoms with Crippen molar-refractivity contribution in [1.29, 1.82) is 5.26 Å². The maximum atomic E-state index is 11.7. The first-order chi connectivity index (χ1) is 9.21. The molecule has 98 valence electrons. The number of benzene rings is 1. The lowest BCUT2D eigenvalue weighted by Crippen LogP contribution is -2.37. The summed E-state index contributed by atoms with van der Waals surface area (Å²) in [4.78, 5) is 11.7. The zero-order chi connectivity index (χ0) is 14.1. The number of nitrogens with one attached hydrogen (secondary N) is 1. The Balaban J connectivity index is 2.51. The normalized spacial score (nSPS) is 10.9. The van der Waals surface area contributed by atoms with Gasteiger partial charge in [-0.05, 0) is 18.6 Å². The number of amides is 1. The summed E-state index contributed by atoms with van der Waals surface area (Å²) in [7, 11) is 0. The first kappa shape index (κ1) is 14.6. The van der Waals surface area contributed by atoms with Crippen LogP contribution in [0.15, 0.2) is 24.3 Å². The van der Waals surface area contributed by atoms with Crippen molar-refractivity contribution in [3.63, 3.8) is 0 Å². The molecule has 0 aliphatic rings. The van der Waals surface area contributed by atoms with E-state index in [2.05, 4.69) is 11.2 Å². The van der Waals surface area contributed by atoms with Crippen molar-refractivity contribution in [2.75, 3.05) is 6.61 Å². The van der Waals surface area contributed by atoms with Gasteiger partial charge in [0.15, 0.2) is 6.61 Å². The van der Waals surface area contributed by atoms with Crippen molar-refractivity contribution in [1.82, 2.24) is 5.32 Å². The average molecular weight is 256 g/mol. The molecule has 19 heavy (non-hydrogen) atoms. The van der Waals surface area contributed by atoms with Crippen LogP contribution in [0.5, 0.6) is 5.75 Å². The van der Waals surface area contributed by atoms with Gasteiger partial charge in [0.2, 0.25) is 0 Å². The third-order valence-corrected chi connectivity index (χ3v) is 2.59. The second kappa shape index (κ2) is 7.79. The van der Waals surface area contributed by atoms with Crippen molar-refractivity contribution in [3.05, 3.63) is 29.8 Å². The third kappa shape index (κ3) is 4.73. The summed E-state index contributed by atoms with van der Waals surface area (Å²) in [5.41, 5.74) is 0.408. The lowest BCUT2D eigenvalue weighted by molar-refractivity contribution is -0.123. The molecule has 0 saturated carbocycles. The molecule has 1 aromatic carbocycles. The Hall–Kier alpha value is -2.46. The Labute approximate surface area is 113 Å². The highest BCUT2D eigenvalue weighted by Crippen LogP contribution is 2.16. The maximum absolute atomic E-state index is 11.7. The smallest absolute Gasteiger partial charge is 0.258 e. The summed E-state index contributed by atoms with van der Waals surface area (Å²) in [5.74, 6) is 2.68. The number of para-hydroxylation sites is 1. The van der Waals surface area contributed by atoms with Gasteiger partial charge in [-0.1, -0.05) is 19.1 Å². The number of carbonyl (C=O) groups is 1. The van der Waals surface area contributed by atoms with Crippen molar-refractivity contribution in [2.45, 2.75) is 25.8 Å². The minimum Gasteiger partial charge on any atom is -0.482 e. The van der Waals surface area contributed by atoms with Crippen LogP contribution in [0.2, 0.25) is 0 Å². The highest BCUT2D eigenvalue weighted by molar-refractivity contribution is 5.78. The zero-order valence-electron chi connectivity index (χ0n) is 10.8. The predicted octanol–water partition coefficient (Wildman–Crippen LogP) is 1.86. The van der Waals surface area contributed by atoms with E-state index in [-0.39, 0.29) is 18.6 Å². The van der Waals surface area contributed by atoms with E-state index in [4.69, 9.17) is 16.4 Å². The Kier molecular flexibility index (Phi) is 5.98. The lowest BCUT2D eigenvalue weighted by atomic mass is 10.1. The van der Waals surface area contributed by atoms with Gasteiger partial charge >= 0.3 is 0 Å². The van der Waals surface area contributed by atoms with E-state index in [1.54, 1.807) is 24.3 Å². The van der Waals surface area contributed by atoms with Crippen molar-refractivity contribution < 1.29 is 9.53 Å². The molecule has 4 heteroatoms. The molecule has 1 amide bonds. The van der Waals surface area contributed by atoms with Gasteiger partial charge < -0.3 is 10.1 Å². The number of ether oxygens (including phenoxy) is 1. The Morgan fingerprint density at radius 2 is 2.26 bits per heavy atom. The molecule has 0 spiro atoms. The summed E-state index contributed by atoms with van der Waals surface area (Å²) >= 11 is 0. The molecule has 0 aliphatic heterocycles. The molecule has 0 heterocycles. The summed E-state index contributed by atoms with van der Waals surface area (Å²) in [5, 5.41) is 11.7. The van der Waals surface area contributed by atoms with Gasteiger partial charge in [-0.2, -0.15) is 5.26 Å². The SMILES string of the molecule is C#CCC(CC)NC(=O)COc1ccccc1C#N. The van der Waals surface area contributed by atoms with Crippen molar-refractivity contribution in [2.24, 2.45) is 0 Å². The fourth-order valence-corrected chi connectivity index (χ4v) is 1.54. The molecular formula is C15H16N2O2. The molecule has 1 atom stereocenters. The Morgan fingerprint density at radius 3 is 2.89 bits per heavy atom. The molecule has 1 aromatic rings. The monoisotopic (exact) mass is 256 g/mol. The molecule has 1 unspecified atom stereocenters. The number of hydrogen-bond acceptors (Lipinski definition) is 3. The van der Waals surface area contributed by atoms with Crippen LogP contribution in [-0.2, 0) is 4.79 Å². The van der Waals surface area contributed by atoms with E-state index in [1.165, 1.54) is 0 Å². The van der Waals surface area contributed by atoms with Crippen molar-refractivity contribution in [3.8, 4) is 24.2 Å². The molecule has 0 bridgehead atoms. The van der Waals surface area contributed by atoms with E-state index in [9.17, 15) is 4.79 Å². The Bertz CT molecular complexity index is 512. The van der Waals surface area contributed by atoms with Gasteiger partial charge in [0.25, 0.3) is 5.91 Å². The summed E-state index contributed by atoms with van der Waals surface area (Å²) in [6, 6.07) is 8.76. The number of terminal acetylenes is 1. The van der Waals surface area contributed by atoms with Crippen LogP contribution in [0, 0.1) is 23.7 Å². The second-order valence-corrected chi connectivity index (χ2v) is 3.98. The molecular weight excluding hydrogens is 240 g/mol. The average Bonchev–Trinajstić information content (AvgIpc) is 2.44. The molecule has 0 aromatic heterocycles. The number of nitriles is 1. The second-order valence-electron chi connectivity index (χ2n) is 3.98. The van der Waals surface area contributed by atoms with Crippen LogP contribution in [0.4, 0.5) is 0 Å². The third-order valence-electron chi connectivity index (χ3n) is 2.59. The molecule has 0 saturated heterocycles. The van der Waals surface area contributed by atoms with Gasteiger partial charge in [0.1, 0.15) is 11.8 Å². The molecule has 0 radical (unpaired) electrons.